The second-order valence-electron chi connectivity index (χ2n) is 18.5. The van der Waals surface area contributed by atoms with E-state index >= 15 is 0 Å². The lowest BCUT2D eigenvalue weighted by Crippen LogP contribution is -2.30. The molecule has 0 bridgehead atoms. The van der Waals surface area contributed by atoms with Gasteiger partial charge in [0.1, 0.15) is 13.2 Å². The highest BCUT2D eigenvalue weighted by atomic mass is 16.6. The van der Waals surface area contributed by atoms with Crippen molar-refractivity contribution in [2.45, 2.75) is 271 Å². The van der Waals surface area contributed by atoms with Crippen LogP contribution in [0.3, 0.4) is 0 Å². The summed E-state index contributed by atoms with van der Waals surface area (Å²) < 4.78 is 16.8. The molecule has 0 aromatic carbocycles. The molecule has 0 aliphatic carbocycles. The van der Waals surface area contributed by atoms with Crippen LogP contribution in [0.15, 0.2) is 85.1 Å². The molecule has 0 aromatic heterocycles. The molecule has 384 valence electrons. The van der Waals surface area contributed by atoms with Gasteiger partial charge in [-0.3, -0.25) is 14.4 Å². The van der Waals surface area contributed by atoms with Crippen molar-refractivity contribution in [2.24, 2.45) is 0 Å². The van der Waals surface area contributed by atoms with Gasteiger partial charge in [0.25, 0.3) is 0 Å². The van der Waals surface area contributed by atoms with E-state index in [2.05, 4.69) is 106 Å². The van der Waals surface area contributed by atoms with Crippen LogP contribution in [0.5, 0.6) is 0 Å². The molecule has 0 spiro atoms. The Bertz CT molecular complexity index is 1300. The molecule has 0 heterocycles. The molecule has 0 rings (SSSR count). The SMILES string of the molecule is CC/C=C/C=C/C=C/CCCCCCCC(=O)OCC(COC(=O)CCCCCCCCC/C=C/CCCCCCCCCC)OC(=O)CCC/C=C/C/C=C/C/C=C/CCCCCCCC. The normalized spacial score (nSPS) is 12.7. The van der Waals surface area contributed by atoms with E-state index in [9.17, 15) is 14.4 Å². The second-order valence-corrected chi connectivity index (χ2v) is 18.5. The highest BCUT2D eigenvalue weighted by molar-refractivity contribution is 5.71. The maximum Gasteiger partial charge on any atom is 0.306 e. The Hall–Kier alpha value is -3.41. The monoisotopic (exact) mass is 933 g/mol. The minimum absolute atomic E-state index is 0.106. The molecule has 0 aliphatic heterocycles. The number of hydrogen-bond acceptors (Lipinski definition) is 6. The van der Waals surface area contributed by atoms with Gasteiger partial charge < -0.3 is 14.2 Å². The molecule has 0 aliphatic rings. The Labute approximate surface area is 414 Å². The zero-order valence-electron chi connectivity index (χ0n) is 43.9. The van der Waals surface area contributed by atoms with Crippen molar-refractivity contribution in [1.29, 1.82) is 0 Å². The van der Waals surface area contributed by atoms with E-state index < -0.39 is 6.10 Å². The number of unbranched alkanes of at least 4 members (excludes halogenated alkanes) is 27. The molecular weight excluding hydrogens is 829 g/mol. The van der Waals surface area contributed by atoms with E-state index in [0.717, 1.165) is 83.5 Å². The minimum Gasteiger partial charge on any atom is -0.462 e. The smallest absolute Gasteiger partial charge is 0.306 e. The van der Waals surface area contributed by atoms with Crippen molar-refractivity contribution in [2.75, 3.05) is 13.2 Å². The van der Waals surface area contributed by atoms with Gasteiger partial charge in [-0.25, -0.2) is 0 Å². The molecule has 0 N–H and O–H groups in total. The Morgan fingerprint density at radius 2 is 0.657 bits per heavy atom. The highest BCUT2D eigenvalue weighted by Gasteiger charge is 2.19. The quantitative estimate of drug-likeness (QED) is 0.0199. The summed E-state index contributed by atoms with van der Waals surface area (Å²) in [5, 5.41) is 0. The second kappa shape index (κ2) is 55.2. The van der Waals surface area contributed by atoms with Crippen LogP contribution in [0, 0.1) is 0 Å². The van der Waals surface area contributed by atoms with Gasteiger partial charge in [-0.05, 0) is 96.3 Å². The number of esters is 3. The van der Waals surface area contributed by atoms with Gasteiger partial charge in [0, 0.05) is 19.3 Å². The van der Waals surface area contributed by atoms with Crippen molar-refractivity contribution in [3.05, 3.63) is 85.1 Å². The summed E-state index contributed by atoms with van der Waals surface area (Å²) in [6.45, 7) is 6.44. The zero-order valence-corrected chi connectivity index (χ0v) is 43.9. The van der Waals surface area contributed by atoms with Gasteiger partial charge in [-0.2, -0.15) is 0 Å². The Morgan fingerprint density at radius 3 is 1.09 bits per heavy atom. The van der Waals surface area contributed by atoms with Crippen molar-refractivity contribution < 1.29 is 28.6 Å². The molecule has 6 heteroatoms. The van der Waals surface area contributed by atoms with E-state index in [4.69, 9.17) is 14.2 Å². The number of carbonyl (C=O) groups is 3. The summed E-state index contributed by atoms with van der Waals surface area (Å²) in [6.07, 6.45) is 71.5. The Balaban J connectivity index is 4.46. The first kappa shape index (κ1) is 63.6. The van der Waals surface area contributed by atoms with Gasteiger partial charge in [-0.1, -0.05) is 234 Å². The average Bonchev–Trinajstić information content (AvgIpc) is 3.33. The first-order valence-electron chi connectivity index (χ1n) is 28.1. The molecule has 6 nitrogen and oxygen atoms in total. The maximum atomic E-state index is 12.8. The number of rotatable bonds is 50. The predicted octanol–water partition coefficient (Wildman–Crippen LogP) is 18.8. The van der Waals surface area contributed by atoms with Gasteiger partial charge in [0.05, 0.1) is 0 Å². The summed E-state index contributed by atoms with van der Waals surface area (Å²) in [5.41, 5.74) is 0. The molecular formula is C61H104O6. The molecule has 0 amide bonds. The molecule has 0 fully saturated rings. The predicted molar refractivity (Wildman–Crippen MR) is 288 cm³/mol. The molecule has 1 unspecified atom stereocenters. The van der Waals surface area contributed by atoms with Gasteiger partial charge in [0.2, 0.25) is 0 Å². The number of allylic oxidation sites excluding steroid dienone is 14. The third-order valence-corrected chi connectivity index (χ3v) is 11.9. The van der Waals surface area contributed by atoms with Crippen molar-refractivity contribution in [3.63, 3.8) is 0 Å². The third-order valence-electron chi connectivity index (χ3n) is 11.9. The third kappa shape index (κ3) is 53.4. The summed E-state index contributed by atoms with van der Waals surface area (Å²) >= 11 is 0. The van der Waals surface area contributed by atoms with Crippen LogP contribution < -0.4 is 0 Å². The zero-order chi connectivity index (χ0) is 48.6. The van der Waals surface area contributed by atoms with Crippen LogP contribution in [0.25, 0.3) is 0 Å². The lowest BCUT2D eigenvalue weighted by Gasteiger charge is -2.18. The van der Waals surface area contributed by atoms with Gasteiger partial charge in [-0.15, -0.1) is 0 Å². The Morgan fingerprint density at radius 1 is 0.328 bits per heavy atom. The van der Waals surface area contributed by atoms with E-state index in [0.29, 0.717) is 19.3 Å². The van der Waals surface area contributed by atoms with E-state index in [-0.39, 0.29) is 37.5 Å². The van der Waals surface area contributed by atoms with Crippen LogP contribution in [-0.4, -0.2) is 37.2 Å². The molecule has 0 radical (unpaired) electrons. The Kier molecular flexibility index (Phi) is 52.4. The maximum absolute atomic E-state index is 12.8. The fourth-order valence-corrected chi connectivity index (χ4v) is 7.69. The number of hydrogen-bond donors (Lipinski definition) is 0. The summed E-state index contributed by atoms with van der Waals surface area (Å²) in [6, 6.07) is 0. The molecule has 0 saturated heterocycles. The average molecular weight is 933 g/mol. The first-order valence-corrected chi connectivity index (χ1v) is 28.1. The summed E-state index contributed by atoms with van der Waals surface area (Å²) in [7, 11) is 0. The van der Waals surface area contributed by atoms with E-state index in [1.807, 2.05) is 0 Å². The van der Waals surface area contributed by atoms with Crippen LogP contribution >= 0.6 is 0 Å². The lowest BCUT2D eigenvalue weighted by atomic mass is 10.1. The fourth-order valence-electron chi connectivity index (χ4n) is 7.69. The fraction of sp³-hybridized carbons (Fsp3) is 0.721. The summed E-state index contributed by atoms with van der Waals surface area (Å²) in [5.74, 6) is -0.981. The van der Waals surface area contributed by atoms with Crippen LogP contribution in [0.2, 0.25) is 0 Å². The highest BCUT2D eigenvalue weighted by Crippen LogP contribution is 2.14. The largest absolute Gasteiger partial charge is 0.462 e. The molecule has 0 saturated carbocycles. The minimum atomic E-state index is -0.813. The van der Waals surface area contributed by atoms with Crippen LogP contribution in [0.4, 0.5) is 0 Å². The summed E-state index contributed by atoms with van der Waals surface area (Å²) in [4.78, 5) is 38.1. The standard InChI is InChI=1S/C61H104O6/c1-4-7-10-13-16-19-22-25-27-29-30-32-33-36-39-42-45-48-51-54-60(63)66-57-58(56-65-59(62)53-50-47-44-41-38-35-24-21-18-15-12-9-6-3)67-61(64)55-52-49-46-43-40-37-34-31-28-26-23-20-17-14-11-8-5-2/h9,12,15,18,21,24,26,28-30,34,37,43,46,58H,4-8,10-11,13-14,16-17,19-20,22-23,25,27,31-33,35-36,38-42,44-45,47-57H2,1-3H3/b12-9+,18-15+,24-21+,28-26+,30-29+,37-34+,46-43+. The number of carbonyl (C=O) groups excluding carboxylic acids is 3. The van der Waals surface area contributed by atoms with Crippen molar-refractivity contribution >= 4 is 17.9 Å². The van der Waals surface area contributed by atoms with Crippen LogP contribution in [0.1, 0.15) is 265 Å². The van der Waals surface area contributed by atoms with Gasteiger partial charge in [0.15, 0.2) is 6.10 Å². The molecule has 0 aromatic rings. The lowest BCUT2D eigenvalue weighted by molar-refractivity contribution is -0.167. The van der Waals surface area contributed by atoms with Crippen molar-refractivity contribution in [1.82, 2.24) is 0 Å². The van der Waals surface area contributed by atoms with E-state index in [1.165, 1.54) is 135 Å². The molecule has 67 heavy (non-hydrogen) atoms. The van der Waals surface area contributed by atoms with Crippen molar-refractivity contribution in [3.8, 4) is 0 Å². The molecule has 1 atom stereocenters. The van der Waals surface area contributed by atoms with Crippen LogP contribution in [-0.2, 0) is 28.6 Å². The number of ether oxygens (including phenoxy) is 3. The topological polar surface area (TPSA) is 78.9 Å². The first-order chi connectivity index (χ1) is 33.0. The van der Waals surface area contributed by atoms with Gasteiger partial charge >= 0.3 is 17.9 Å². The van der Waals surface area contributed by atoms with E-state index in [1.54, 1.807) is 0 Å².